The summed E-state index contributed by atoms with van der Waals surface area (Å²) >= 11 is 0. The van der Waals surface area contributed by atoms with E-state index in [1.807, 2.05) is 0 Å². The number of rotatable bonds is 6. The predicted molar refractivity (Wildman–Crippen MR) is 74.3 cm³/mol. The van der Waals surface area contributed by atoms with Gasteiger partial charge in [0, 0.05) is 25.1 Å². The molecule has 2 aromatic rings. The maximum absolute atomic E-state index is 13.7. The van der Waals surface area contributed by atoms with Crippen molar-refractivity contribution < 1.29 is 12.8 Å². The molecule has 114 valence electrons. The van der Waals surface area contributed by atoms with E-state index >= 15 is 0 Å². The topological polar surface area (TPSA) is 114 Å². The van der Waals surface area contributed by atoms with Crippen molar-refractivity contribution in [3.05, 3.63) is 41.2 Å². The van der Waals surface area contributed by atoms with Crippen LogP contribution in [0.2, 0.25) is 0 Å². The molecule has 0 aliphatic rings. The van der Waals surface area contributed by atoms with Gasteiger partial charge in [-0.15, -0.1) is 0 Å². The normalized spacial score (nSPS) is 11.8. The van der Waals surface area contributed by atoms with Crippen LogP contribution in [0.15, 0.2) is 23.4 Å². The van der Waals surface area contributed by atoms with Crippen LogP contribution in [0.25, 0.3) is 0 Å². The quantitative estimate of drug-likeness (QED) is 0.706. The minimum absolute atomic E-state index is 0.0672. The Hall–Kier alpha value is -1.84. The van der Waals surface area contributed by atoms with Crippen molar-refractivity contribution in [3.8, 4) is 0 Å². The standard InChI is InChI=1S/C12H16FN5O2S/c1-8-10(13)4-9(6-14)5-11(8)21(19,20)17-3-2-12-15-7-16-18-12/h4-5,7,17H,2-3,6,14H2,1H3,(H,15,16,18). The number of sulfonamides is 1. The number of H-pyrrole nitrogens is 1. The summed E-state index contributed by atoms with van der Waals surface area (Å²) < 4.78 is 40.6. The highest BCUT2D eigenvalue weighted by Gasteiger charge is 2.19. The molecule has 0 radical (unpaired) electrons. The van der Waals surface area contributed by atoms with Crippen LogP contribution in [-0.4, -0.2) is 30.1 Å². The van der Waals surface area contributed by atoms with Crippen LogP contribution in [0.4, 0.5) is 4.39 Å². The van der Waals surface area contributed by atoms with E-state index in [0.717, 1.165) is 0 Å². The van der Waals surface area contributed by atoms with Crippen molar-refractivity contribution in [1.82, 2.24) is 19.9 Å². The molecule has 0 spiro atoms. The molecule has 21 heavy (non-hydrogen) atoms. The number of aromatic amines is 1. The Morgan fingerprint density at radius 3 is 2.81 bits per heavy atom. The molecule has 0 amide bonds. The summed E-state index contributed by atoms with van der Waals surface area (Å²) in [5, 5.41) is 6.30. The first-order valence-electron chi connectivity index (χ1n) is 6.27. The van der Waals surface area contributed by atoms with Gasteiger partial charge in [-0.25, -0.2) is 22.5 Å². The fourth-order valence-electron chi connectivity index (χ4n) is 1.84. The molecule has 0 saturated carbocycles. The van der Waals surface area contributed by atoms with Gasteiger partial charge in [0.1, 0.15) is 18.0 Å². The zero-order valence-electron chi connectivity index (χ0n) is 11.4. The average molecular weight is 313 g/mol. The highest BCUT2D eigenvalue weighted by Crippen LogP contribution is 2.20. The Labute approximate surface area is 121 Å². The van der Waals surface area contributed by atoms with E-state index in [1.54, 1.807) is 0 Å². The second kappa shape index (κ2) is 6.29. The van der Waals surface area contributed by atoms with E-state index in [2.05, 4.69) is 19.9 Å². The number of nitrogens with two attached hydrogens (primary N) is 1. The summed E-state index contributed by atoms with van der Waals surface area (Å²) in [4.78, 5) is 3.79. The number of nitrogens with zero attached hydrogens (tertiary/aromatic N) is 2. The maximum Gasteiger partial charge on any atom is 0.240 e. The van der Waals surface area contributed by atoms with Crippen LogP contribution in [0.1, 0.15) is 17.0 Å². The third-order valence-electron chi connectivity index (χ3n) is 3.00. The van der Waals surface area contributed by atoms with Crippen molar-refractivity contribution in [2.75, 3.05) is 6.54 Å². The first-order chi connectivity index (χ1) is 9.94. The number of hydrogen-bond acceptors (Lipinski definition) is 5. The van der Waals surface area contributed by atoms with Crippen LogP contribution in [0, 0.1) is 12.7 Å². The molecule has 1 heterocycles. The maximum atomic E-state index is 13.7. The summed E-state index contributed by atoms with van der Waals surface area (Å²) in [5.74, 6) is -0.0233. The van der Waals surface area contributed by atoms with Gasteiger partial charge in [-0.05, 0) is 24.6 Å². The smallest absolute Gasteiger partial charge is 0.240 e. The second-order valence-corrected chi connectivity index (χ2v) is 6.22. The SMILES string of the molecule is Cc1c(F)cc(CN)cc1S(=O)(=O)NCCc1ncn[nH]1. The summed E-state index contributed by atoms with van der Waals surface area (Å²) in [5.41, 5.74) is 5.94. The van der Waals surface area contributed by atoms with Gasteiger partial charge in [-0.2, -0.15) is 5.10 Å². The summed E-state index contributed by atoms with van der Waals surface area (Å²) in [6.07, 6.45) is 1.70. The number of benzene rings is 1. The van der Waals surface area contributed by atoms with Crippen LogP contribution in [-0.2, 0) is 23.0 Å². The summed E-state index contributed by atoms with van der Waals surface area (Å²) in [7, 11) is -3.81. The zero-order chi connectivity index (χ0) is 15.5. The largest absolute Gasteiger partial charge is 0.326 e. The first kappa shape index (κ1) is 15.5. The Balaban J connectivity index is 2.17. The molecule has 0 aliphatic heterocycles. The highest BCUT2D eigenvalue weighted by atomic mass is 32.2. The van der Waals surface area contributed by atoms with Gasteiger partial charge in [0.2, 0.25) is 10.0 Å². The molecule has 2 rings (SSSR count). The fourth-order valence-corrected chi connectivity index (χ4v) is 3.17. The summed E-state index contributed by atoms with van der Waals surface area (Å²) in [6.45, 7) is 1.61. The van der Waals surface area contributed by atoms with Gasteiger partial charge >= 0.3 is 0 Å². The Morgan fingerprint density at radius 1 is 1.43 bits per heavy atom. The molecule has 0 bridgehead atoms. The number of halogens is 1. The zero-order valence-corrected chi connectivity index (χ0v) is 12.2. The third-order valence-corrected chi connectivity index (χ3v) is 4.59. The minimum atomic E-state index is -3.81. The van der Waals surface area contributed by atoms with E-state index in [1.165, 1.54) is 25.4 Å². The molecule has 0 aliphatic carbocycles. The Morgan fingerprint density at radius 2 is 2.19 bits per heavy atom. The molecular formula is C12H16FN5O2S. The van der Waals surface area contributed by atoms with Crippen molar-refractivity contribution >= 4 is 10.0 Å². The lowest BCUT2D eigenvalue weighted by atomic mass is 10.1. The van der Waals surface area contributed by atoms with Crippen LogP contribution < -0.4 is 10.5 Å². The van der Waals surface area contributed by atoms with Crippen molar-refractivity contribution in [2.45, 2.75) is 24.8 Å². The Kier molecular flexibility index (Phi) is 4.66. The average Bonchev–Trinajstić information content (AvgIpc) is 2.94. The predicted octanol–water partition coefficient (Wildman–Crippen LogP) is 0.232. The van der Waals surface area contributed by atoms with E-state index in [-0.39, 0.29) is 23.5 Å². The van der Waals surface area contributed by atoms with Gasteiger partial charge in [0.15, 0.2) is 0 Å². The van der Waals surface area contributed by atoms with Gasteiger partial charge in [-0.3, -0.25) is 5.10 Å². The van der Waals surface area contributed by atoms with Gasteiger partial charge in [0.05, 0.1) is 4.90 Å². The van der Waals surface area contributed by atoms with E-state index in [0.29, 0.717) is 17.8 Å². The third kappa shape index (κ3) is 3.63. The van der Waals surface area contributed by atoms with Gasteiger partial charge in [0.25, 0.3) is 0 Å². The monoisotopic (exact) mass is 313 g/mol. The lowest BCUT2D eigenvalue weighted by Gasteiger charge is -2.11. The molecule has 7 nitrogen and oxygen atoms in total. The number of nitrogens with one attached hydrogen (secondary N) is 2. The summed E-state index contributed by atoms with van der Waals surface area (Å²) in [6, 6.07) is 2.62. The molecule has 0 saturated heterocycles. The number of aromatic nitrogens is 3. The number of hydrogen-bond donors (Lipinski definition) is 3. The molecular weight excluding hydrogens is 297 g/mol. The highest BCUT2D eigenvalue weighted by molar-refractivity contribution is 7.89. The van der Waals surface area contributed by atoms with E-state index in [9.17, 15) is 12.8 Å². The second-order valence-electron chi connectivity index (χ2n) is 4.48. The van der Waals surface area contributed by atoms with Crippen molar-refractivity contribution in [3.63, 3.8) is 0 Å². The van der Waals surface area contributed by atoms with Crippen LogP contribution in [0.3, 0.4) is 0 Å². The van der Waals surface area contributed by atoms with Crippen LogP contribution >= 0.6 is 0 Å². The Bertz CT molecular complexity index is 715. The molecule has 0 fully saturated rings. The minimum Gasteiger partial charge on any atom is -0.326 e. The molecule has 1 aromatic heterocycles. The molecule has 1 aromatic carbocycles. The van der Waals surface area contributed by atoms with Crippen LogP contribution in [0.5, 0.6) is 0 Å². The van der Waals surface area contributed by atoms with Gasteiger partial charge < -0.3 is 5.73 Å². The molecule has 9 heteroatoms. The lowest BCUT2D eigenvalue weighted by Crippen LogP contribution is -2.27. The molecule has 4 N–H and O–H groups in total. The molecule has 0 unspecified atom stereocenters. The van der Waals surface area contributed by atoms with Crippen molar-refractivity contribution in [2.24, 2.45) is 5.73 Å². The fraction of sp³-hybridized carbons (Fsp3) is 0.333. The van der Waals surface area contributed by atoms with E-state index < -0.39 is 15.8 Å². The van der Waals surface area contributed by atoms with Crippen molar-refractivity contribution in [1.29, 1.82) is 0 Å². The first-order valence-corrected chi connectivity index (χ1v) is 7.75. The molecule has 0 atom stereocenters. The van der Waals surface area contributed by atoms with E-state index in [4.69, 9.17) is 5.73 Å². The lowest BCUT2D eigenvalue weighted by molar-refractivity contribution is 0.573. The van der Waals surface area contributed by atoms with Gasteiger partial charge in [-0.1, -0.05) is 0 Å².